The second-order valence-electron chi connectivity index (χ2n) is 2.32. The summed E-state index contributed by atoms with van der Waals surface area (Å²) in [4.78, 5) is 14.7. The lowest BCUT2D eigenvalue weighted by Crippen LogP contribution is -2.10. The maximum absolute atomic E-state index is 10.7. The zero-order chi connectivity index (χ0) is 9.68. The number of aliphatic hydroxyl groups is 1. The van der Waals surface area contributed by atoms with E-state index in [9.17, 15) is 4.79 Å². The molecule has 0 fully saturated rings. The molecule has 0 aliphatic heterocycles. The number of nitrogens with two attached hydrogens (primary N) is 1. The van der Waals surface area contributed by atoms with Crippen LogP contribution in [0.4, 0.5) is 0 Å². The molecule has 1 aromatic rings. The third-order valence-electron chi connectivity index (χ3n) is 1.36. The van der Waals surface area contributed by atoms with Crippen molar-refractivity contribution in [2.75, 3.05) is 12.4 Å². The zero-order valence-electron chi connectivity index (χ0n) is 6.93. The minimum Gasteiger partial charge on any atom is -0.396 e. The summed E-state index contributed by atoms with van der Waals surface area (Å²) in [5.74, 6) is 0.120. The van der Waals surface area contributed by atoms with Gasteiger partial charge in [-0.25, -0.2) is 4.98 Å². The number of aromatic nitrogens is 1. The first-order valence-electron chi connectivity index (χ1n) is 3.73. The summed E-state index contributed by atoms with van der Waals surface area (Å²) in [7, 11) is 0. The largest absolute Gasteiger partial charge is 0.396 e. The summed E-state index contributed by atoms with van der Waals surface area (Å²) in [6, 6.07) is 3.33. The summed E-state index contributed by atoms with van der Waals surface area (Å²) in [6.07, 6.45) is 1.43. The maximum Gasteiger partial charge on any atom is 0.250 e. The number of thioether (sulfide) groups is 1. The van der Waals surface area contributed by atoms with E-state index in [2.05, 4.69) is 4.98 Å². The molecular formula is C8H10N2O2S. The number of amides is 1. The first-order valence-corrected chi connectivity index (χ1v) is 4.72. The normalized spacial score (nSPS) is 9.92. The van der Waals surface area contributed by atoms with E-state index in [-0.39, 0.29) is 6.61 Å². The van der Waals surface area contributed by atoms with E-state index >= 15 is 0 Å². The minimum absolute atomic E-state index is 0.115. The smallest absolute Gasteiger partial charge is 0.250 e. The molecule has 3 N–H and O–H groups in total. The van der Waals surface area contributed by atoms with E-state index in [1.165, 1.54) is 18.0 Å². The van der Waals surface area contributed by atoms with Crippen molar-refractivity contribution in [3.8, 4) is 0 Å². The molecule has 0 spiro atoms. The Hall–Kier alpha value is -1.07. The lowest BCUT2D eigenvalue weighted by molar-refractivity contribution is 0.1000. The van der Waals surface area contributed by atoms with Crippen LogP contribution in [0.15, 0.2) is 23.4 Å². The van der Waals surface area contributed by atoms with Gasteiger partial charge in [0.1, 0.15) is 0 Å². The Bertz CT molecular complexity index is 287. The van der Waals surface area contributed by atoms with Crippen LogP contribution < -0.4 is 5.73 Å². The van der Waals surface area contributed by atoms with E-state index in [1.807, 2.05) is 0 Å². The highest BCUT2D eigenvalue weighted by molar-refractivity contribution is 7.99. The SMILES string of the molecule is NC(=O)c1ccc(SCCO)nc1. The van der Waals surface area contributed by atoms with Gasteiger partial charge >= 0.3 is 0 Å². The molecular weight excluding hydrogens is 188 g/mol. The van der Waals surface area contributed by atoms with Crippen molar-refractivity contribution < 1.29 is 9.90 Å². The van der Waals surface area contributed by atoms with E-state index < -0.39 is 5.91 Å². The Morgan fingerprint density at radius 2 is 2.38 bits per heavy atom. The van der Waals surface area contributed by atoms with E-state index in [0.717, 1.165) is 5.03 Å². The van der Waals surface area contributed by atoms with Gasteiger partial charge in [0.2, 0.25) is 5.91 Å². The van der Waals surface area contributed by atoms with Crippen molar-refractivity contribution in [2.24, 2.45) is 5.73 Å². The first kappa shape index (κ1) is 10.0. The third kappa shape index (κ3) is 3.04. The van der Waals surface area contributed by atoms with Gasteiger partial charge in [-0.3, -0.25) is 4.79 Å². The standard InChI is InChI=1S/C8H10N2O2S/c9-8(12)6-1-2-7(10-5-6)13-4-3-11/h1-2,5,11H,3-4H2,(H2,9,12). The molecule has 4 nitrogen and oxygen atoms in total. The Balaban J connectivity index is 2.64. The van der Waals surface area contributed by atoms with Gasteiger partial charge in [0.15, 0.2) is 0 Å². The van der Waals surface area contributed by atoms with Crippen LogP contribution in [0.25, 0.3) is 0 Å². The highest BCUT2D eigenvalue weighted by atomic mass is 32.2. The molecule has 1 rings (SSSR count). The zero-order valence-corrected chi connectivity index (χ0v) is 7.75. The van der Waals surface area contributed by atoms with Gasteiger partial charge in [-0.05, 0) is 12.1 Å². The molecule has 70 valence electrons. The van der Waals surface area contributed by atoms with Gasteiger partial charge in [-0.1, -0.05) is 0 Å². The average molecular weight is 198 g/mol. The molecule has 0 atom stereocenters. The van der Waals surface area contributed by atoms with E-state index in [1.54, 1.807) is 12.1 Å². The molecule has 5 heteroatoms. The molecule has 1 amide bonds. The fourth-order valence-corrected chi connectivity index (χ4v) is 1.35. The number of primary amides is 1. The van der Waals surface area contributed by atoms with Crippen LogP contribution in [0.5, 0.6) is 0 Å². The fourth-order valence-electron chi connectivity index (χ4n) is 0.762. The average Bonchev–Trinajstić information content (AvgIpc) is 2.15. The number of hydrogen-bond acceptors (Lipinski definition) is 4. The number of hydrogen-bond donors (Lipinski definition) is 2. The summed E-state index contributed by atoms with van der Waals surface area (Å²) in [5, 5.41) is 9.32. The molecule has 0 aliphatic carbocycles. The Kier molecular flexibility index (Phi) is 3.72. The lowest BCUT2D eigenvalue weighted by atomic mass is 10.3. The second kappa shape index (κ2) is 4.84. The molecule has 0 unspecified atom stereocenters. The molecule has 1 heterocycles. The molecule has 0 aliphatic rings. The number of carbonyl (C=O) groups is 1. The van der Waals surface area contributed by atoms with E-state index in [4.69, 9.17) is 10.8 Å². The molecule has 0 aromatic carbocycles. The van der Waals surface area contributed by atoms with Crippen molar-refractivity contribution in [1.82, 2.24) is 4.98 Å². The first-order chi connectivity index (χ1) is 6.24. The maximum atomic E-state index is 10.7. The quantitative estimate of drug-likeness (QED) is 0.681. The van der Waals surface area contributed by atoms with Crippen molar-refractivity contribution in [3.63, 3.8) is 0 Å². The second-order valence-corrected chi connectivity index (χ2v) is 3.44. The van der Waals surface area contributed by atoms with Gasteiger partial charge in [0.05, 0.1) is 17.2 Å². The number of rotatable bonds is 4. The molecule has 0 radical (unpaired) electrons. The van der Waals surface area contributed by atoms with Crippen LogP contribution >= 0.6 is 11.8 Å². The number of carbonyl (C=O) groups excluding carboxylic acids is 1. The highest BCUT2D eigenvalue weighted by Crippen LogP contribution is 2.13. The van der Waals surface area contributed by atoms with Gasteiger partial charge < -0.3 is 10.8 Å². The summed E-state index contributed by atoms with van der Waals surface area (Å²) >= 11 is 1.43. The minimum atomic E-state index is -0.480. The summed E-state index contributed by atoms with van der Waals surface area (Å²) in [5.41, 5.74) is 5.43. The van der Waals surface area contributed by atoms with Crippen molar-refractivity contribution in [2.45, 2.75) is 5.03 Å². The Morgan fingerprint density at radius 3 is 2.85 bits per heavy atom. The number of pyridine rings is 1. The summed E-state index contributed by atoms with van der Waals surface area (Å²) in [6.45, 7) is 0.115. The monoisotopic (exact) mass is 198 g/mol. The fraction of sp³-hybridized carbons (Fsp3) is 0.250. The predicted molar refractivity (Wildman–Crippen MR) is 50.6 cm³/mol. The van der Waals surface area contributed by atoms with Crippen molar-refractivity contribution in [3.05, 3.63) is 23.9 Å². The molecule has 1 aromatic heterocycles. The van der Waals surface area contributed by atoms with Gasteiger partial charge in [0.25, 0.3) is 0 Å². The lowest BCUT2D eigenvalue weighted by Gasteiger charge is -1.98. The number of aliphatic hydroxyl groups excluding tert-OH is 1. The Morgan fingerprint density at radius 1 is 1.62 bits per heavy atom. The molecule has 0 saturated carbocycles. The van der Waals surface area contributed by atoms with Crippen LogP contribution in [-0.2, 0) is 0 Å². The van der Waals surface area contributed by atoms with Gasteiger partial charge in [-0.15, -0.1) is 11.8 Å². The molecule has 0 bridgehead atoms. The van der Waals surface area contributed by atoms with Crippen LogP contribution in [-0.4, -0.2) is 28.4 Å². The van der Waals surface area contributed by atoms with Crippen LogP contribution in [0.1, 0.15) is 10.4 Å². The third-order valence-corrected chi connectivity index (χ3v) is 2.29. The Labute approximate surface area is 80.2 Å². The highest BCUT2D eigenvalue weighted by Gasteiger charge is 2.00. The molecule has 13 heavy (non-hydrogen) atoms. The van der Waals surface area contributed by atoms with Crippen molar-refractivity contribution >= 4 is 17.7 Å². The van der Waals surface area contributed by atoms with Crippen molar-refractivity contribution in [1.29, 1.82) is 0 Å². The summed E-state index contributed by atoms with van der Waals surface area (Å²) < 4.78 is 0. The van der Waals surface area contributed by atoms with Gasteiger partial charge in [-0.2, -0.15) is 0 Å². The van der Waals surface area contributed by atoms with Gasteiger partial charge in [0, 0.05) is 11.9 Å². The van der Waals surface area contributed by atoms with Crippen LogP contribution in [0.2, 0.25) is 0 Å². The van der Waals surface area contributed by atoms with Crippen LogP contribution in [0.3, 0.4) is 0 Å². The molecule has 0 saturated heterocycles. The van der Waals surface area contributed by atoms with E-state index in [0.29, 0.717) is 11.3 Å². The topological polar surface area (TPSA) is 76.2 Å². The number of nitrogens with zero attached hydrogens (tertiary/aromatic N) is 1. The predicted octanol–water partition coefficient (Wildman–Crippen LogP) is 0.265. The van der Waals surface area contributed by atoms with Crippen LogP contribution in [0, 0.1) is 0 Å².